The monoisotopic (exact) mass is 407 g/mol. The first-order valence-electron chi connectivity index (χ1n) is 10.4. The summed E-state index contributed by atoms with van der Waals surface area (Å²) in [6.07, 6.45) is 1.61. The molecule has 0 spiro atoms. The lowest BCUT2D eigenvalue weighted by Gasteiger charge is -2.34. The molecule has 5 nitrogen and oxygen atoms in total. The highest BCUT2D eigenvalue weighted by Crippen LogP contribution is 2.26. The molecule has 0 unspecified atom stereocenters. The Morgan fingerprint density at radius 2 is 1.83 bits per heavy atom. The number of halogens is 1. The van der Waals surface area contributed by atoms with Crippen molar-refractivity contribution in [1.29, 1.82) is 0 Å². The average Bonchev–Trinajstić information content (AvgIpc) is 3.22. The van der Waals surface area contributed by atoms with Gasteiger partial charge in [-0.15, -0.1) is 0 Å². The number of para-hydroxylation sites is 1. The molecule has 1 aliphatic rings. The third-order valence-corrected chi connectivity index (χ3v) is 6.09. The molecular formula is C24H26FN3O2. The lowest BCUT2D eigenvalue weighted by atomic mass is 9.84. The molecule has 30 heavy (non-hydrogen) atoms. The van der Waals surface area contributed by atoms with Gasteiger partial charge in [0.05, 0.1) is 0 Å². The van der Waals surface area contributed by atoms with Crippen molar-refractivity contribution in [2.75, 3.05) is 13.1 Å². The molecule has 156 valence electrons. The smallest absolute Gasteiger partial charge is 0.270 e. The number of likely N-dealkylation sites (tertiary alicyclic amines) is 1. The second-order valence-corrected chi connectivity index (χ2v) is 8.03. The topological polar surface area (TPSA) is 65.2 Å². The van der Waals surface area contributed by atoms with Crippen molar-refractivity contribution in [1.82, 2.24) is 15.2 Å². The Morgan fingerprint density at radius 1 is 1.13 bits per heavy atom. The predicted molar refractivity (Wildman–Crippen MR) is 114 cm³/mol. The molecule has 2 heterocycles. The molecule has 1 saturated heterocycles. The number of benzene rings is 2. The van der Waals surface area contributed by atoms with Crippen LogP contribution < -0.4 is 5.32 Å². The molecular weight excluding hydrogens is 381 g/mol. The van der Waals surface area contributed by atoms with Crippen LogP contribution in [0.4, 0.5) is 4.39 Å². The van der Waals surface area contributed by atoms with Crippen LogP contribution in [0, 0.1) is 17.7 Å². The fourth-order valence-corrected chi connectivity index (χ4v) is 4.13. The van der Waals surface area contributed by atoms with Gasteiger partial charge in [-0.3, -0.25) is 9.59 Å². The SMILES string of the molecule is C[C@@H](C(=O)NCc1ccc(F)cc1)C1CCN(C(=O)c2cc3ccccc3[nH]2)CC1. The van der Waals surface area contributed by atoms with Gasteiger partial charge in [0.1, 0.15) is 11.5 Å². The van der Waals surface area contributed by atoms with Crippen LogP contribution in [0.25, 0.3) is 10.9 Å². The summed E-state index contributed by atoms with van der Waals surface area (Å²) >= 11 is 0. The number of H-pyrrole nitrogens is 1. The summed E-state index contributed by atoms with van der Waals surface area (Å²) in [6, 6.07) is 15.9. The number of carbonyl (C=O) groups is 2. The van der Waals surface area contributed by atoms with Crippen LogP contribution >= 0.6 is 0 Å². The third-order valence-electron chi connectivity index (χ3n) is 6.09. The number of carbonyl (C=O) groups excluding carboxylic acids is 2. The first-order chi connectivity index (χ1) is 14.5. The number of aromatic nitrogens is 1. The minimum atomic E-state index is -0.285. The maximum absolute atomic E-state index is 13.0. The van der Waals surface area contributed by atoms with Gasteiger partial charge in [0.15, 0.2) is 0 Å². The van der Waals surface area contributed by atoms with Crippen LogP contribution in [-0.4, -0.2) is 34.8 Å². The van der Waals surface area contributed by atoms with Gasteiger partial charge in [-0.2, -0.15) is 0 Å². The molecule has 3 aromatic rings. The average molecular weight is 407 g/mol. The quantitative estimate of drug-likeness (QED) is 0.668. The summed E-state index contributed by atoms with van der Waals surface area (Å²) in [5, 5.41) is 3.97. The fraction of sp³-hybridized carbons (Fsp3) is 0.333. The largest absolute Gasteiger partial charge is 0.352 e. The number of nitrogens with one attached hydrogen (secondary N) is 2. The highest BCUT2D eigenvalue weighted by Gasteiger charge is 2.30. The minimum absolute atomic E-state index is 0.000260. The first kappa shape index (κ1) is 20.1. The lowest BCUT2D eigenvalue weighted by Crippen LogP contribution is -2.42. The number of piperidine rings is 1. The van der Waals surface area contributed by atoms with Gasteiger partial charge in [-0.1, -0.05) is 37.3 Å². The Hall–Kier alpha value is -3.15. The maximum atomic E-state index is 13.0. The van der Waals surface area contributed by atoms with Gasteiger partial charge >= 0.3 is 0 Å². The highest BCUT2D eigenvalue weighted by atomic mass is 19.1. The van der Waals surface area contributed by atoms with Crippen molar-refractivity contribution in [3.8, 4) is 0 Å². The van der Waals surface area contributed by atoms with Crippen LogP contribution in [-0.2, 0) is 11.3 Å². The van der Waals surface area contributed by atoms with E-state index in [-0.39, 0.29) is 29.5 Å². The summed E-state index contributed by atoms with van der Waals surface area (Å²) in [5.41, 5.74) is 2.44. The zero-order valence-corrected chi connectivity index (χ0v) is 17.0. The number of amides is 2. The van der Waals surface area contributed by atoms with E-state index in [4.69, 9.17) is 0 Å². The van der Waals surface area contributed by atoms with Gasteiger partial charge < -0.3 is 15.2 Å². The Labute approximate surface area is 175 Å². The number of hydrogen-bond donors (Lipinski definition) is 2. The van der Waals surface area contributed by atoms with E-state index in [0.29, 0.717) is 25.3 Å². The van der Waals surface area contributed by atoms with Gasteiger partial charge in [-0.25, -0.2) is 4.39 Å². The number of fused-ring (bicyclic) bond motifs is 1. The van der Waals surface area contributed by atoms with Crippen molar-refractivity contribution in [3.05, 3.63) is 71.7 Å². The van der Waals surface area contributed by atoms with Crippen LogP contribution in [0.15, 0.2) is 54.6 Å². The second kappa shape index (κ2) is 8.69. The maximum Gasteiger partial charge on any atom is 0.270 e. The molecule has 0 saturated carbocycles. The summed E-state index contributed by atoms with van der Waals surface area (Å²) in [5.74, 6) is -0.161. The predicted octanol–water partition coefficient (Wildman–Crippen LogP) is 4.11. The summed E-state index contributed by atoms with van der Waals surface area (Å²) in [6.45, 7) is 3.63. The first-order valence-corrected chi connectivity index (χ1v) is 10.4. The third kappa shape index (κ3) is 4.37. The van der Waals surface area contributed by atoms with Crippen LogP contribution in [0.5, 0.6) is 0 Å². The van der Waals surface area contributed by atoms with Gasteiger partial charge in [-0.05, 0) is 48.6 Å². The molecule has 1 fully saturated rings. The second-order valence-electron chi connectivity index (χ2n) is 8.03. The van der Waals surface area contributed by atoms with E-state index in [0.717, 1.165) is 29.3 Å². The molecule has 1 aliphatic heterocycles. The zero-order chi connectivity index (χ0) is 21.1. The molecule has 0 aliphatic carbocycles. The van der Waals surface area contributed by atoms with Crippen molar-refractivity contribution in [3.63, 3.8) is 0 Å². The van der Waals surface area contributed by atoms with E-state index in [1.165, 1.54) is 12.1 Å². The Balaban J connectivity index is 1.29. The lowest BCUT2D eigenvalue weighted by molar-refractivity contribution is -0.126. The van der Waals surface area contributed by atoms with E-state index in [1.54, 1.807) is 12.1 Å². The Bertz CT molecular complexity index is 1000. The van der Waals surface area contributed by atoms with Gasteiger partial charge in [0.2, 0.25) is 5.91 Å². The van der Waals surface area contributed by atoms with Crippen LogP contribution in [0.3, 0.4) is 0 Å². The van der Waals surface area contributed by atoms with E-state index in [2.05, 4.69) is 10.3 Å². The van der Waals surface area contributed by atoms with E-state index >= 15 is 0 Å². The summed E-state index contributed by atoms with van der Waals surface area (Å²) in [4.78, 5) is 30.5. The molecule has 2 aromatic carbocycles. The molecule has 6 heteroatoms. The molecule has 0 bridgehead atoms. The van der Waals surface area contributed by atoms with Crippen LogP contribution in [0.2, 0.25) is 0 Å². The van der Waals surface area contributed by atoms with Gasteiger partial charge in [0.25, 0.3) is 5.91 Å². The van der Waals surface area contributed by atoms with Crippen molar-refractivity contribution >= 4 is 22.7 Å². The number of hydrogen-bond acceptors (Lipinski definition) is 2. The molecule has 1 atom stereocenters. The highest BCUT2D eigenvalue weighted by molar-refractivity contribution is 5.98. The molecule has 4 rings (SSSR count). The Morgan fingerprint density at radius 3 is 2.53 bits per heavy atom. The standard InChI is InChI=1S/C24H26FN3O2/c1-16(23(29)26-15-17-6-8-20(25)9-7-17)18-10-12-28(13-11-18)24(30)22-14-19-4-2-3-5-21(19)27-22/h2-9,14,16,18,27H,10-13,15H2,1H3,(H,26,29)/t16-/m1/s1. The number of nitrogens with zero attached hydrogens (tertiary/aromatic N) is 1. The van der Waals surface area contributed by atoms with E-state index in [9.17, 15) is 14.0 Å². The molecule has 2 amide bonds. The van der Waals surface area contributed by atoms with E-state index < -0.39 is 0 Å². The van der Waals surface area contributed by atoms with E-state index in [1.807, 2.05) is 42.2 Å². The van der Waals surface area contributed by atoms with Crippen LogP contribution in [0.1, 0.15) is 35.8 Å². The summed E-state index contributed by atoms with van der Waals surface area (Å²) in [7, 11) is 0. The van der Waals surface area contributed by atoms with Gasteiger partial charge in [0, 0.05) is 36.5 Å². The fourth-order valence-electron chi connectivity index (χ4n) is 4.13. The normalized spacial score (nSPS) is 15.9. The minimum Gasteiger partial charge on any atom is -0.352 e. The van der Waals surface area contributed by atoms with Crippen molar-refractivity contribution in [2.24, 2.45) is 11.8 Å². The van der Waals surface area contributed by atoms with Crippen molar-refractivity contribution in [2.45, 2.75) is 26.3 Å². The Kier molecular flexibility index (Phi) is 5.84. The number of rotatable bonds is 5. The molecule has 1 aromatic heterocycles. The zero-order valence-electron chi connectivity index (χ0n) is 17.0. The summed E-state index contributed by atoms with van der Waals surface area (Å²) < 4.78 is 13.0. The molecule has 0 radical (unpaired) electrons. The number of aromatic amines is 1. The van der Waals surface area contributed by atoms with Crippen molar-refractivity contribution < 1.29 is 14.0 Å². The molecule has 2 N–H and O–H groups in total.